The van der Waals surface area contributed by atoms with Crippen molar-refractivity contribution in [1.29, 1.82) is 0 Å². The van der Waals surface area contributed by atoms with Crippen molar-refractivity contribution < 1.29 is 29.0 Å². The number of carboxylic acid groups (broad SMARTS) is 1. The van der Waals surface area contributed by atoms with Gasteiger partial charge in [0.05, 0.1) is 25.7 Å². The highest BCUT2D eigenvalue weighted by molar-refractivity contribution is 5.94. The average molecular weight is 321 g/mol. The van der Waals surface area contributed by atoms with Crippen molar-refractivity contribution in [2.75, 3.05) is 26.4 Å². The van der Waals surface area contributed by atoms with Gasteiger partial charge in [0, 0.05) is 12.1 Å². The maximum atomic E-state index is 12.2. The van der Waals surface area contributed by atoms with Gasteiger partial charge < -0.3 is 19.5 Å². The normalized spacial score (nSPS) is 17.6. The fourth-order valence-corrected chi connectivity index (χ4v) is 2.37. The number of rotatable bonds is 6. The third-order valence-corrected chi connectivity index (χ3v) is 3.58. The lowest BCUT2D eigenvalue weighted by Gasteiger charge is -2.34. The Bertz CT molecular complexity index is 583. The van der Waals surface area contributed by atoms with Gasteiger partial charge in [-0.1, -0.05) is 0 Å². The number of benzene rings is 1. The second kappa shape index (κ2) is 7.73. The van der Waals surface area contributed by atoms with E-state index in [4.69, 9.17) is 14.6 Å². The van der Waals surface area contributed by atoms with Crippen LogP contribution in [0, 0.1) is 0 Å². The molecule has 1 amide bonds. The molecule has 0 aromatic heterocycles. The monoisotopic (exact) mass is 321 g/mol. The largest absolute Gasteiger partial charge is 0.484 e. The molecule has 1 aromatic carbocycles. The molecule has 1 aromatic rings. The van der Waals surface area contributed by atoms with Gasteiger partial charge in [0.25, 0.3) is 5.91 Å². The van der Waals surface area contributed by atoms with Crippen LogP contribution >= 0.6 is 0 Å². The summed E-state index contributed by atoms with van der Waals surface area (Å²) < 4.78 is 10.7. The second-order valence-corrected chi connectivity index (χ2v) is 5.28. The molecule has 1 atom stereocenters. The van der Waals surface area contributed by atoms with Crippen LogP contribution in [0.25, 0.3) is 0 Å². The van der Waals surface area contributed by atoms with Gasteiger partial charge in [-0.25, -0.2) is 0 Å². The molecular formula is C16H19NO6. The molecule has 2 rings (SSSR count). The van der Waals surface area contributed by atoms with Gasteiger partial charge in [-0.15, -0.1) is 0 Å². The molecule has 0 radical (unpaired) electrons. The molecule has 1 aliphatic heterocycles. The number of nitrogens with zero attached hydrogens (tertiary/aromatic N) is 1. The molecule has 0 saturated carbocycles. The highest BCUT2D eigenvalue weighted by Gasteiger charge is 2.29. The zero-order valence-electron chi connectivity index (χ0n) is 12.9. The van der Waals surface area contributed by atoms with Crippen molar-refractivity contribution in [3.05, 3.63) is 29.8 Å². The molecule has 7 heteroatoms. The van der Waals surface area contributed by atoms with Crippen molar-refractivity contribution in [3.8, 4) is 5.75 Å². The maximum absolute atomic E-state index is 12.2. The van der Waals surface area contributed by atoms with Crippen LogP contribution in [0.3, 0.4) is 0 Å². The van der Waals surface area contributed by atoms with Crippen LogP contribution in [0.4, 0.5) is 0 Å². The zero-order valence-corrected chi connectivity index (χ0v) is 12.9. The van der Waals surface area contributed by atoms with Crippen molar-refractivity contribution in [1.82, 2.24) is 4.90 Å². The molecule has 1 fully saturated rings. The standard InChI is InChI=1S/C16H19NO6/c1-11(18)12-2-4-14(5-3-12)23-10-15(19)17-6-7-22-9-13(17)8-16(20)21/h2-5,13H,6-10H2,1H3,(H,20,21)/t13-/m1/s1. The Balaban J connectivity index is 1.92. The molecule has 0 spiro atoms. The van der Waals surface area contributed by atoms with E-state index in [-0.39, 0.29) is 31.3 Å². The number of ether oxygens (including phenoxy) is 2. The first-order valence-corrected chi connectivity index (χ1v) is 7.30. The first-order chi connectivity index (χ1) is 11.0. The van der Waals surface area contributed by atoms with Crippen LogP contribution in [0.1, 0.15) is 23.7 Å². The number of amides is 1. The van der Waals surface area contributed by atoms with Crippen molar-refractivity contribution in [2.45, 2.75) is 19.4 Å². The summed E-state index contributed by atoms with van der Waals surface area (Å²) in [4.78, 5) is 35.8. The molecular weight excluding hydrogens is 302 g/mol. The molecule has 0 aliphatic carbocycles. The Hall–Kier alpha value is -2.41. The van der Waals surface area contributed by atoms with E-state index in [0.29, 0.717) is 24.5 Å². The molecule has 0 bridgehead atoms. The second-order valence-electron chi connectivity index (χ2n) is 5.28. The summed E-state index contributed by atoms with van der Waals surface area (Å²) in [5.41, 5.74) is 0.568. The molecule has 1 N–H and O–H groups in total. The predicted molar refractivity (Wildman–Crippen MR) is 80.5 cm³/mol. The number of carboxylic acids is 1. The SMILES string of the molecule is CC(=O)c1ccc(OCC(=O)N2CCOC[C@H]2CC(=O)O)cc1. The number of morpholine rings is 1. The molecule has 1 heterocycles. The highest BCUT2D eigenvalue weighted by atomic mass is 16.5. The smallest absolute Gasteiger partial charge is 0.305 e. The Morgan fingerprint density at radius 3 is 2.61 bits per heavy atom. The Labute approximate surface area is 133 Å². The third-order valence-electron chi connectivity index (χ3n) is 3.58. The number of carbonyl (C=O) groups is 3. The summed E-state index contributed by atoms with van der Waals surface area (Å²) in [6.07, 6.45) is -0.154. The fourth-order valence-electron chi connectivity index (χ4n) is 2.37. The molecule has 0 unspecified atom stereocenters. The van der Waals surface area contributed by atoms with E-state index in [2.05, 4.69) is 0 Å². The van der Waals surface area contributed by atoms with Gasteiger partial charge in [-0.05, 0) is 31.2 Å². The maximum Gasteiger partial charge on any atom is 0.305 e. The number of aliphatic carboxylic acids is 1. The van der Waals surface area contributed by atoms with Crippen molar-refractivity contribution in [2.24, 2.45) is 0 Å². The van der Waals surface area contributed by atoms with Gasteiger partial charge in [-0.2, -0.15) is 0 Å². The Morgan fingerprint density at radius 1 is 1.30 bits per heavy atom. The van der Waals surface area contributed by atoms with E-state index >= 15 is 0 Å². The minimum absolute atomic E-state index is 0.0440. The summed E-state index contributed by atoms with van der Waals surface area (Å²) in [5.74, 6) is -0.821. The predicted octanol–water partition coefficient (Wildman–Crippen LogP) is 0.970. The molecule has 1 saturated heterocycles. The summed E-state index contributed by atoms with van der Waals surface area (Å²) in [6.45, 7) is 2.24. The van der Waals surface area contributed by atoms with E-state index in [1.165, 1.54) is 11.8 Å². The number of Topliss-reactive ketones (excluding diaryl/α,β-unsaturated/α-hetero) is 1. The van der Waals surface area contributed by atoms with Crippen LogP contribution in [-0.4, -0.2) is 60.1 Å². The van der Waals surface area contributed by atoms with Crippen LogP contribution < -0.4 is 4.74 Å². The van der Waals surface area contributed by atoms with Gasteiger partial charge in [0.15, 0.2) is 12.4 Å². The molecule has 124 valence electrons. The zero-order chi connectivity index (χ0) is 16.8. The fraction of sp³-hybridized carbons (Fsp3) is 0.438. The van der Waals surface area contributed by atoms with Crippen LogP contribution in [0.15, 0.2) is 24.3 Å². The summed E-state index contributed by atoms with van der Waals surface area (Å²) >= 11 is 0. The summed E-state index contributed by atoms with van der Waals surface area (Å²) in [5, 5.41) is 8.89. The van der Waals surface area contributed by atoms with Gasteiger partial charge in [0.1, 0.15) is 5.75 Å². The van der Waals surface area contributed by atoms with Gasteiger partial charge in [0.2, 0.25) is 0 Å². The van der Waals surface area contributed by atoms with Gasteiger partial charge >= 0.3 is 5.97 Å². The van der Waals surface area contributed by atoms with E-state index in [1.54, 1.807) is 24.3 Å². The van der Waals surface area contributed by atoms with Crippen molar-refractivity contribution >= 4 is 17.7 Å². The number of hydrogen-bond acceptors (Lipinski definition) is 5. The quantitative estimate of drug-likeness (QED) is 0.785. The van der Waals surface area contributed by atoms with Gasteiger partial charge in [-0.3, -0.25) is 14.4 Å². The lowest BCUT2D eigenvalue weighted by atomic mass is 10.1. The van der Waals surface area contributed by atoms with Crippen LogP contribution in [-0.2, 0) is 14.3 Å². The molecule has 7 nitrogen and oxygen atoms in total. The highest BCUT2D eigenvalue weighted by Crippen LogP contribution is 2.15. The minimum Gasteiger partial charge on any atom is -0.484 e. The van der Waals surface area contributed by atoms with E-state index < -0.39 is 12.0 Å². The van der Waals surface area contributed by atoms with E-state index in [0.717, 1.165) is 0 Å². The first-order valence-electron chi connectivity index (χ1n) is 7.30. The number of carbonyl (C=O) groups excluding carboxylic acids is 2. The van der Waals surface area contributed by atoms with Crippen LogP contribution in [0.5, 0.6) is 5.75 Å². The Kier molecular flexibility index (Phi) is 5.70. The average Bonchev–Trinajstić information content (AvgIpc) is 2.53. The topological polar surface area (TPSA) is 93.1 Å². The van der Waals surface area contributed by atoms with Crippen molar-refractivity contribution in [3.63, 3.8) is 0 Å². The van der Waals surface area contributed by atoms with E-state index in [9.17, 15) is 14.4 Å². The number of ketones is 1. The third kappa shape index (κ3) is 4.79. The summed E-state index contributed by atoms with van der Waals surface area (Å²) in [7, 11) is 0. The summed E-state index contributed by atoms with van der Waals surface area (Å²) in [6, 6.07) is 6.03. The lowest BCUT2D eigenvalue weighted by Crippen LogP contribution is -2.51. The number of hydrogen-bond donors (Lipinski definition) is 1. The van der Waals surface area contributed by atoms with E-state index in [1.807, 2.05) is 0 Å². The van der Waals surface area contributed by atoms with Crippen LogP contribution in [0.2, 0.25) is 0 Å². The first kappa shape index (κ1) is 17.0. The Morgan fingerprint density at radius 2 is 2.00 bits per heavy atom. The molecule has 1 aliphatic rings. The lowest BCUT2D eigenvalue weighted by molar-refractivity contribution is -0.147. The molecule has 23 heavy (non-hydrogen) atoms. The minimum atomic E-state index is -0.973.